The molecule has 1 heterocycles. The topological polar surface area (TPSA) is 78.9 Å². The molecular formula is C21H24N2O4. The van der Waals surface area contributed by atoms with Gasteiger partial charge in [0.1, 0.15) is 5.75 Å². The zero-order valence-corrected chi connectivity index (χ0v) is 15.4. The van der Waals surface area contributed by atoms with Gasteiger partial charge >= 0.3 is 6.09 Å². The van der Waals surface area contributed by atoms with E-state index in [1.54, 1.807) is 30.0 Å². The molecule has 0 bridgehead atoms. The molecule has 0 atom stereocenters. The molecule has 2 aromatic rings. The van der Waals surface area contributed by atoms with Gasteiger partial charge in [0.15, 0.2) is 0 Å². The Labute approximate surface area is 158 Å². The van der Waals surface area contributed by atoms with Gasteiger partial charge in [0.2, 0.25) is 0 Å². The Balaban J connectivity index is 1.60. The fraction of sp³-hybridized carbons (Fsp3) is 0.333. The Morgan fingerprint density at radius 3 is 2.48 bits per heavy atom. The summed E-state index contributed by atoms with van der Waals surface area (Å²) in [5.74, 6) is 0.0898. The Morgan fingerprint density at radius 2 is 1.81 bits per heavy atom. The number of piperidine rings is 1. The summed E-state index contributed by atoms with van der Waals surface area (Å²) in [5, 5.41) is 12.5. The first-order chi connectivity index (χ1) is 13.1. The summed E-state index contributed by atoms with van der Waals surface area (Å²) < 4.78 is 5.01. The van der Waals surface area contributed by atoms with Crippen molar-refractivity contribution in [2.75, 3.05) is 19.7 Å². The summed E-state index contributed by atoms with van der Waals surface area (Å²) in [5.41, 5.74) is 2.44. The van der Waals surface area contributed by atoms with Gasteiger partial charge in [-0.25, -0.2) is 4.79 Å². The van der Waals surface area contributed by atoms with Crippen LogP contribution in [0.5, 0.6) is 5.75 Å². The van der Waals surface area contributed by atoms with Crippen molar-refractivity contribution in [3.05, 3.63) is 54.1 Å². The molecule has 0 saturated carbocycles. The van der Waals surface area contributed by atoms with E-state index < -0.39 is 0 Å². The van der Waals surface area contributed by atoms with E-state index in [1.807, 2.05) is 30.3 Å². The summed E-state index contributed by atoms with van der Waals surface area (Å²) in [6, 6.07) is 14.3. The maximum Gasteiger partial charge on any atom is 0.409 e. The van der Waals surface area contributed by atoms with Gasteiger partial charge in [-0.05, 0) is 55.2 Å². The molecule has 6 nitrogen and oxygen atoms in total. The number of aromatic hydroxyl groups is 1. The van der Waals surface area contributed by atoms with E-state index in [4.69, 9.17) is 4.74 Å². The number of phenols is 1. The SMILES string of the molecule is CCOC(=O)N1CCC(NC(=O)c2cccc(-c3ccc(O)cc3)c2)CC1. The molecular weight excluding hydrogens is 344 g/mol. The fourth-order valence-corrected chi connectivity index (χ4v) is 3.18. The highest BCUT2D eigenvalue weighted by atomic mass is 16.6. The Kier molecular flexibility index (Phi) is 5.96. The van der Waals surface area contributed by atoms with E-state index in [0.29, 0.717) is 38.1 Å². The zero-order valence-electron chi connectivity index (χ0n) is 15.4. The van der Waals surface area contributed by atoms with Crippen molar-refractivity contribution in [2.24, 2.45) is 0 Å². The third-order valence-corrected chi connectivity index (χ3v) is 4.68. The fourth-order valence-electron chi connectivity index (χ4n) is 3.18. The second-order valence-electron chi connectivity index (χ2n) is 6.56. The van der Waals surface area contributed by atoms with Crippen LogP contribution in [-0.2, 0) is 4.74 Å². The minimum absolute atomic E-state index is 0.0421. The third kappa shape index (κ3) is 4.78. The monoisotopic (exact) mass is 368 g/mol. The molecule has 0 aromatic heterocycles. The quantitative estimate of drug-likeness (QED) is 0.867. The van der Waals surface area contributed by atoms with Crippen LogP contribution in [0.3, 0.4) is 0 Å². The van der Waals surface area contributed by atoms with Crippen molar-refractivity contribution in [2.45, 2.75) is 25.8 Å². The van der Waals surface area contributed by atoms with E-state index in [1.165, 1.54) is 0 Å². The molecule has 0 radical (unpaired) electrons. The van der Waals surface area contributed by atoms with Crippen LogP contribution in [0.15, 0.2) is 48.5 Å². The molecule has 0 spiro atoms. The highest BCUT2D eigenvalue weighted by Crippen LogP contribution is 2.23. The molecule has 0 aliphatic carbocycles. The number of carbonyl (C=O) groups excluding carboxylic acids is 2. The Bertz CT molecular complexity index is 796. The minimum Gasteiger partial charge on any atom is -0.508 e. The maximum atomic E-state index is 12.6. The summed E-state index contributed by atoms with van der Waals surface area (Å²) >= 11 is 0. The minimum atomic E-state index is -0.288. The van der Waals surface area contributed by atoms with Crippen LogP contribution in [0.25, 0.3) is 11.1 Å². The lowest BCUT2D eigenvalue weighted by Crippen LogP contribution is -2.46. The van der Waals surface area contributed by atoms with Crippen LogP contribution in [0.1, 0.15) is 30.1 Å². The Hall–Kier alpha value is -3.02. The summed E-state index contributed by atoms with van der Waals surface area (Å²) in [6.45, 7) is 3.32. The van der Waals surface area contributed by atoms with Crippen LogP contribution in [-0.4, -0.2) is 47.7 Å². The summed E-state index contributed by atoms with van der Waals surface area (Å²) in [6.07, 6.45) is 1.13. The van der Waals surface area contributed by atoms with Gasteiger partial charge < -0.3 is 20.1 Å². The first-order valence-corrected chi connectivity index (χ1v) is 9.19. The molecule has 6 heteroatoms. The summed E-state index contributed by atoms with van der Waals surface area (Å²) in [7, 11) is 0. The first-order valence-electron chi connectivity index (χ1n) is 9.19. The number of ether oxygens (including phenoxy) is 1. The van der Waals surface area contributed by atoms with Crippen LogP contribution < -0.4 is 5.32 Å². The number of carbonyl (C=O) groups is 2. The molecule has 142 valence electrons. The summed E-state index contributed by atoms with van der Waals surface area (Å²) in [4.78, 5) is 26.0. The molecule has 27 heavy (non-hydrogen) atoms. The van der Waals surface area contributed by atoms with Gasteiger partial charge in [0.25, 0.3) is 5.91 Å². The molecule has 0 unspecified atom stereocenters. The number of amides is 2. The number of hydrogen-bond donors (Lipinski definition) is 2. The molecule has 1 saturated heterocycles. The normalized spacial score (nSPS) is 14.6. The van der Waals surface area contributed by atoms with Crippen molar-refractivity contribution in [3.8, 4) is 16.9 Å². The van der Waals surface area contributed by atoms with E-state index in [0.717, 1.165) is 11.1 Å². The maximum absolute atomic E-state index is 12.6. The number of benzene rings is 2. The van der Waals surface area contributed by atoms with Crippen molar-refractivity contribution in [3.63, 3.8) is 0 Å². The van der Waals surface area contributed by atoms with Crippen molar-refractivity contribution >= 4 is 12.0 Å². The van der Waals surface area contributed by atoms with Crippen molar-refractivity contribution in [1.82, 2.24) is 10.2 Å². The average Bonchev–Trinajstić information content (AvgIpc) is 2.69. The van der Waals surface area contributed by atoms with Crippen molar-refractivity contribution in [1.29, 1.82) is 0 Å². The molecule has 1 aliphatic rings. The molecule has 2 N–H and O–H groups in total. The molecule has 1 aliphatic heterocycles. The number of hydrogen-bond acceptors (Lipinski definition) is 4. The molecule has 2 amide bonds. The second-order valence-corrected chi connectivity index (χ2v) is 6.56. The number of likely N-dealkylation sites (tertiary alicyclic amines) is 1. The van der Waals surface area contributed by atoms with Gasteiger partial charge in [-0.15, -0.1) is 0 Å². The van der Waals surface area contributed by atoms with E-state index >= 15 is 0 Å². The molecule has 2 aromatic carbocycles. The van der Waals surface area contributed by atoms with Crippen LogP contribution >= 0.6 is 0 Å². The Morgan fingerprint density at radius 1 is 1.11 bits per heavy atom. The highest BCUT2D eigenvalue weighted by Gasteiger charge is 2.24. The van der Waals surface area contributed by atoms with Gasteiger partial charge in [0, 0.05) is 24.7 Å². The zero-order chi connectivity index (χ0) is 19.2. The largest absolute Gasteiger partial charge is 0.508 e. The lowest BCUT2D eigenvalue weighted by atomic mass is 10.0. The smallest absolute Gasteiger partial charge is 0.409 e. The third-order valence-electron chi connectivity index (χ3n) is 4.68. The van der Waals surface area contributed by atoms with E-state index in [-0.39, 0.29) is 23.8 Å². The highest BCUT2D eigenvalue weighted by molar-refractivity contribution is 5.95. The van der Waals surface area contributed by atoms with Gasteiger partial charge in [-0.3, -0.25) is 4.79 Å². The second kappa shape index (κ2) is 8.58. The van der Waals surface area contributed by atoms with Crippen molar-refractivity contribution < 1.29 is 19.4 Å². The number of phenolic OH excluding ortho intramolecular Hbond substituents is 1. The standard InChI is InChI=1S/C21H24N2O4/c1-2-27-21(26)23-12-10-18(11-13-23)22-20(25)17-5-3-4-16(14-17)15-6-8-19(24)9-7-15/h3-9,14,18,24H,2,10-13H2,1H3,(H,22,25). The van der Waals surface area contributed by atoms with Gasteiger partial charge in [-0.1, -0.05) is 24.3 Å². The lowest BCUT2D eigenvalue weighted by molar-refractivity contribution is 0.0860. The number of nitrogens with zero attached hydrogens (tertiary/aromatic N) is 1. The number of rotatable bonds is 4. The average molecular weight is 368 g/mol. The van der Waals surface area contributed by atoms with E-state index in [2.05, 4.69) is 5.32 Å². The van der Waals surface area contributed by atoms with Crippen LogP contribution in [0, 0.1) is 0 Å². The van der Waals surface area contributed by atoms with E-state index in [9.17, 15) is 14.7 Å². The predicted molar refractivity (Wildman–Crippen MR) is 103 cm³/mol. The first kappa shape index (κ1) is 18.8. The van der Waals surface area contributed by atoms with Gasteiger partial charge in [-0.2, -0.15) is 0 Å². The predicted octanol–water partition coefficient (Wildman–Crippen LogP) is 3.41. The van der Waals surface area contributed by atoms with Gasteiger partial charge in [0.05, 0.1) is 6.61 Å². The van der Waals surface area contributed by atoms with Crippen LogP contribution in [0.4, 0.5) is 4.79 Å². The lowest BCUT2D eigenvalue weighted by Gasteiger charge is -2.31. The molecule has 3 rings (SSSR count). The number of nitrogens with one attached hydrogen (secondary N) is 1. The van der Waals surface area contributed by atoms with Crippen LogP contribution in [0.2, 0.25) is 0 Å². The molecule has 1 fully saturated rings.